The summed E-state index contributed by atoms with van der Waals surface area (Å²) in [5.41, 5.74) is 3.36. The topological polar surface area (TPSA) is 50.2 Å². The van der Waals surface area contributed by atoms with E-state index in [9.17, 15) is 4.79 Å². The molecule has 4 nitrogen and oxygen atoms in total. The molecule has 0 saturated heterocycles. The largest absolute Gasteiger partial charge is 0.307 e. The lowest BCUT2D eigenvalue weighted by Crippen LogP contribution is -2.15. The number of hydrogen-bond donors (Lipinski definition) is 1. The standard InChI is InChI=1S/C11H15N3O/c1-6(2)9-5-10-12-11(15)7(3)8(4)14(10)13-9/h5-6H,1-4H3,(H,12,15). The molecule has 0 aromatic carbocycles. The van der Waals surface area contributed by atoms with Crippen LogP contribution >= 0.6 is 0 Å². The first-order valence-corrected chi connectivity index (χ1v) is 5.10. The fourth-order valence-electron chi connectivity index (χ4n) is 1.56. The molecular weight excluding hydrogens is 190 g/mol. The fraction of sp³-hybridized carbons (Fsp3) is 0.455. The van der Waals surface area contributed by atoms with E-state index in [-0.39, 0.29) is 5.56 Å². The molecule has 4 heteroatoms. The molecule has 0 fully saturated rings. The average Bonchev–Trinajstić information content (AvgIpc) is 2.58. The van der Waals surface area contributed by atoms with E-state index < -0.39 is 0 Å². The van der Waals surface area contributed by atoms with Crippen LogP contribution in [-0.4, -0.2) is 14.6 Å². The van der Waals surface area contributed by atoms with Crippen LogP contribution in [0.4, 0.5) is 0 Å². The molecule has 0 atom stereocenters. The number of aromatic amines is 1. The summed E-state index contributed by atoms with van der Waals surface area (Å²) >= 11 is 0. The van der Waals surface area contributed by atoms with Crippen molar-refractivity contribution >= 4 is 5.65 Å². The van der Waals surface area contributed by atoms with Crippen molar-refractivity contribution in [1.29, 1.82) is 0 Å². The number of H-pyrrole nitrogens is 1. The average molecular weight is 205 g/mol. The Bertz CT molecular complexity index is 563. The molecule has 2 aromatic rings. The van der Waals surface area contributed by atoms with E-state index in [0.717, 1.165) is 22.6 Å². The van der Waals surface area contributed by atoms with Crippen LogP contribution in [0.5, 0.6) is 0 Å². The number of aryl methyl sites for hydroxylation is 1. The lowest BCUT2D eigenvalue weighted by Gasteiger charge is -2.01. The summed E-state index contributed by atoms with van der Waals surface area (Å²) in [6, 6.07) is 1.93. The van der Waals surface area contributed by atoms with Gasteiger partial charge in [-0.25, -0.2) is 4.52 Å². The first-order valence-electron chi connectivity index (χ1n) is 5.10. The summed E-state index contributed by atoms with van der Waals surface area (Å²) in [5.74, 6) is 0.369. The van der Waals surface area contributed by atoms with Crippen LogP contribution in [-0.2, 0) is 0 Å². The number of nitrogens with one attached hydrogen (secondary N) is 1. The Hall–Kier alpha value is -1.58. The first kappa shape index (κ1) is 9.96. The van der Waals surface area contributed by atoms with Crippen LogP contribution < -0.4 is 5.56 Å². The smallest absolute Gasteiger partial charge is 0.254 e. The second-order valence-electron chi connectivity index (χ2n) is 4.19. The zero-order valence-corrected chi connectivity index (χ0v) is 9.46. The van der Waals surface area contributed by atoms with Gasteiger partial charge in [0.1, 0.15) is 5.65 Å². The summed E-state index contributed by atoms with van der Waals surface area (Å²) in [6.07, 6.45) is 0. The van der Waals surface area contributed by atoms with Gasteiger partial charge in [0.25, 0.3) is 5.56 Å². The molecule has 0 unspecified atom stereocenters. The predicted molar refractivity (Wildman–Crippen MR) is 59.4 cm³/mol. The number of nitrogens with zero attached hydrogens (tertiary/aromatic N) is 2. The molecule has 0 spiro atoms. The minimum Gasteiger partial charge on any atom is -0.307 e. The molecular formula is C11H15N3O. The van der Waals surface area contributed by atoms with Gasteiger partial charge in [0.2, 0.25) is 0 Å². The van der Waals surface area contributed by atoms with Gasteiger partial charge < -0.3 is 4.98 Å². The van der Waals surface area contributed by atoms with Gasteiger partial charge in [0.15, 0.2) is 0 Å². The van der Waals surface area contributed by atoms with E-state index in [4.69, 9.17) is 0 Å². The van der Waals surface area contributed by atoms with Gasteiger partial charge >= 0.3 is 0 Å². The van der Waals surface area contributed by atoms with Crippen molar-refractivity contribution in [3.63, 3.8) is 0 Å². The summed E-state index contributed by atoms with van der Waals surface area (Å²) in [6.45, 7) is 7.89. The van der Waals surface area contributed by atoms with Crippen LogP contribution in [0.3, 0.4) is 0 Å². The maximum atomic E-state index is 11.5. The lowest BCUT2D eigenvalue weighted by molar-refractivity contribution is 0.771. The highest BCUT2D eigenvalue weighted by Crippen LogP contribution is 2.14. The molecule has 0 aliphatic carbocycles. The first-order chi connectivity index (χ1) is 7.00. The SMILES string of the molecule is Cc1c(C)n2nc(C(C)C)cc2[nH]c1=O. The Morgan fingerprint density at radius 1 is 1.40 bits per heavy atom. The van der Waals surface area contributed by atoms with Crippen molar-refractivity contribution in [1.82, 2.24) is 14.6 Å². The van der Waals surface area contributed by atoms with Crippen LogP contribution in [0, 0.1) is 13.8 Å². The molecule has 2 rings (SSSR count). The summed E-state index contributed by atoms with van der Waals surface area (Å²) < 4.78 is 1.80. The molecule has 0 aliphatic heterocycles. The predicted octanol–water partition coefficient (Wildman–Crippen LogP) is 1.76. The Labute approximate surface area is 87.9 Å². The maximum absolute atomic E-state index is 11.5. The van der Waals surface area contributed by atoms with E-state index >= 15 is 0 Å². The molecule has 0 amide bonds. The quantitative estimate of drug-likeness (QED) is 0.771. The molecule has 0 bridgehead atoms. The van der Waals surface area contributed by atoms with Gasteiger partial charge in [-0.3, -0.25) is 4.79 Å². The second-order valence-corrected chi connectivity index (χ2v) is 4.19. The minimum atomic E-state index is -0.0322. The number of hydrogen-bond acceptors (Lipinski definition) is 2. The molecule has 2 aromatic heterocycles. The second kappa shape index (κ2) is 3.22. The highest BCUT2D eigenvalue weighted by atomic mass is 16.1. The van der Waals surface area contributed by atoms with Crippen LogP contribution in [0.1, 0.15) is 36.7 Å². The van der Waals surface area contributed by atoms with Crippen molar-refractivity contribution in [2.75, 3.05) is 0 Å². The normalized spacial score (nSPS) is 11.5. The van der Waals surface area contributed by atoms with Gasteiger partial charge in [0.05, 0.1) is 5.69 Å². The highest BCUT2D eigenvalue weighted by Gasteiger charge is 2.10. The maximum Gasteiger partial charge on any atom is 0.254 e. The minimum absolute atomic E-state index is 0.0322. The zero-order valence-electron chi connectivity index (χ0n) is 9.46. The number of rotatable bonds is 1. The van der Waals surface area contributed by atoms with Gasteiger partial charge in [-0.05, 0) is 19.8 Å². The zero-order chi connectivity index (χ0) is 11.2. The third-order valence-electron chi connectivity index (χ3n) is 2.76. The van der Waals surface area contributed by atoms with Crippen LogP contribution in [0.2, 0.25) is 0 Å². The third-order valence-corrected chi connectivity index (χ3v) is 2.76. The Morgan fingerprint density at radius 2 is 2.07 bits per heavy atom. The van der Waals surface area contributed by atoms with Crippen LogP contribution in [0.15, 0.2) is 10.9 Å². The molecule has 80 valence electrons. The molecule has 15 heavy (non-hydrogen) atoms. The van der Waals surface area contributed by atoms with Crippen molar-refractivity contribution in [2.45, 2.75) is 33.6 Å². The summed E-state index contributed by atoms with van der Waals surface area (Å²) in [4.78, 5) is 14.4. The molecule has 2 heterocycles. The monoisotopic (exact) mass is 205 g/mol. The van der Waals surface area contributed by atoms with Gasteiger partial charge in [-0.15, -0.1) is 0 Å². The van der Waals surface area contributed by atoms with Crippen molar-refractivity contribution in [3.8, 4) is 0 Å². The van der Waals surface area contributed by atoms with E-state index in [1.165, 1.54) is 0 Å². The van der Waals surface area contributed by atoms with E-state index in [1.807, 2.05) is 19.9 Å². The number of fused-ring (bicyclic) bond motifs is 1. The third kappa shape index (κ3) is 1.46. The molecule has 1 N–H and O–H groups in total. The van der Waals surface area contributed by atoms with Gasteiger partial charge in [-0.1, -0.05) is 13.8 Å². The van der Waals surface area contributed by atoms with E-state index in [1.54, 1.807) is 4.52 Å². The molecule has 0 radical (unpaired) electrons. The molecule has 0 aliphatic rings. The Morgan fingerprint density at radius 3 is 2.67 bits per heavy atom. The molecule has 0 saturated carbocycles. The lowest BCUT2D eigenvalue weighted by atomic mass is 10.1. The van der Waals surface area contributed by atoms with Crippen LogP contribution in [0.25, 0.3) is 5.65 Å². The van der Waals surface area contributed by atoms with E-state index in [0.29, 0.717) is 5.92 Å². The highest BCUT2D eigenvalue weighted by molar-refractivity contribution is 5.42. The summed E-state index contributed by atoms with van der Waals surface area (Å²) in [5, 5.41) is 4.46. The van der Waals surface area contributed by atoms with Crippen molar-refractivity contribution in [2.24, 2.45) is 0 Å². The Kier molecular flexibility index (Phi) is 2.14. The van der Waals surface area contributed by atoms with Gasteiger partial charge in [-0.2, -0.15) is 5.10 Å². The summed E-state index contributed by atoms with van der Waals surface area (Å²) in [7, 11) is 0. The Balaban J connectivity index is 2.82. The fourth-order valence-corrected chi connectivity index (χ4v) is 1.56. The van der Waals surface area contributed by atoms with Crippen molar-refractivity contribution < 1.29 is 0 Å². The van der Waals surface area contributed by atoms with Crippen molar-refractivity contribution in [3.05, 3.63) is 33.4 Å². The van der Waals surface area contributed by atoms with E-state index in [2.05, 4.69) is 23.9 Å². The number of aromatic nitrogens is 3. The van der Waals surface area contributed by atoms with Gasteiger partial charge in [0, 0.05) is 17.3 Å².